The average molecular weight is 323 g/mol. The normalized spacial score (nSPS) is 16.3. The zero-order valence-electron chi connectivity index (χ0n) is 11.8. The van der Waals surface area contributed by atoms with Gasteiger partial charge >= 0.3 is 0 Å². The number of hydrogen-bond acceptors (Lipinski definition) is 4. The lowest BCUT2D eigenvalue weighted by Gasteiger charge is -2.34. The van der Waals surface area contributed by atoms with E-state index in [2.05, 4.69) is 4.98 Å². The minimum absolute atomic E-state index is 0.0700. The van der Waals surface area contributed by atoms with E-state index in [-0.39, 0.29) is 24.6 Å². The SMILES string of the molecule is O=C1CN(Cc2cncs2)CCN1Cc1cc(F)ccc1F. The van der Waals surface area contributed by atoms with Gasteiger partial charge in [0, 0.05) is 42.8 Å². The molecule has 3 rings (SSSR count). The molecule has 22 heavy (non-hydrogen) atoms. The summed E-state index contributed by atoms with van der Waals surface area (Å²) in [4.78, 5) is 20.9. The van der Waals surface area contributed by atoms with Crippen LogP contribution in [0.3, 0.4) is 0 Å². The molecule has 0 aliphatic carbocycles. The Balaban J connectivity index is 1.61. The van der Waals surface area contributed by atoms with Gasteiger partial charge in [0.25, 0.3) is 0 Å². The number of thiazole rings is 1. The van der Waals surface area contributed by atoms with Gasteiger partial charge in [0.2, 0.25) is 5.91 Å². The van der Waals surface area contributed by atoms with Crippen molar-refractivity contribution < 1.29 is 13.6 Å². The van der Waals surface area contributed by atoms with E-state index in [1.807, 2.05) is 4.90 Å². The van der Waals surface area contributed by atoms with Crippen molar-refractivity contribution in [2.24, 2.45) is 0 Å². The fraction of sp³-hybridized carbons (Fsp3) is 0.333. The summed E-state index contributed by atoms with van der Waals surface area (Å²) in [6, 6.07) is 3.31. The van der Waals surface area contributed by atoms with E-state index < -0.39 is 11.6 Å². The molecule has 0 spiro atoms. The summed E-state index contributed by atoms with van der Waals surface area (Å²) < 4.78 is 26.8. The maximum Gasteiger partial charge on any atom is 0.237 e. The number of amides is 1. The molecule has 1 amide bonds. The number of aromatic nitrogens is 1. The first-order valence-electron chi connectivity index (χ1n) is 6.93. The standard InChI is InChI=1S/C15H15F2N3OS/c16-12-1-2-14(17)11(5-12)7-20-4-3-19(9-15(20)21)8-13-6-18-10-22-13/h1-2,5-6,10H,3-4,7-9H2. The highest BCUT2D eigenvalue weighted by atomic mass is 32.1. The van der Waals surface area contributed by atoms with Crippen LogP contribution in [0, 0.1) is 11.6 Å². The van der Waals surface area contributed by atoms with Crippen LogP contribution >= 0.6 is 11.3 Å². The lowest BCUT2D eigenvalue weighted by molar-refractivity contribution is -0.136. The molecule has 1 fully saturated rings. The number of benzene rings is 1. The number of carbonyl (C=O) groups is 1. The highest BCUT2D eigenvalue weighted by molar-refractivity contribution is 7.09. The van der Waals surface area contributed by atoms with Crippen LogP contribution in [-0.2, 0) is 17.9 Å². The van der Waals surface area contributed by atoms with E-state index in [0.29, 0.717) is 19.6 Å². The van der Waals surface area contributed by atoms with Gasteiger partial charge in [0.05, 0.1) is 12.1 Å². The maximum atomic E-state index is 13.7. The van der Waals surface area contributed by atoms with E-state index in [9.17, 15) is 13.6 Å². The van der Waals surface area contributed by atoms with Crippen LogP contribution in [0.2, 0.25) is 0 Å². The van der Waals surface area contributed by atoms with Crippen molar-refractivity contribution in [1.82, 2.24) is 14.8 Å². The third kappa shape index (κ3) is 3.48. The third-order valence-electron chi connectivity index (χ3n) is 3.63. The van der Waals surface area contributed by atoms with Gasteiger partial charge in [-0.2, -0.15) is 0 Å². The summed E-state index contributed by atoms with van der Waals surface area (Å²) in [7, 11) is 0. The first-order valence-corrected chi connectivity index (χ1v) is 7.81. The van der Waals surface area contributed by atoms with E-state index in [0.717, 1.165) is 23.1 Å². The predicted octanol–water partition coefficient (Wildman–Crippen LogP) is 2.27. The lowest BCUT2D eigenvalue weighted by Crippen LogP contribution is -2.49. The fourth-order valence-corrected chi connectivity index (χ4v) is 3.11. The lowest BCUT2D eigenvalue weighted by atomic mass is 10.1. The minimum atomic E-state index is -0.493. The first kappa shape index (κ1) is 15.1. The molecule has 1 saturated heterocycles. The number of carbonyl (C=O) groups excluding carboxylic acids is 1. The molecule has 0 atom stereocenters. The Kier molecular flexibility index (Phi) is 4.44. The first-order chi connectivity index (χ1) is 10.6. The van der Waals surface area contributed by atoms with Crippen molar-refractivity contribution in [3.63, 3.8) is 0 Å². The van der Waals surface area contributed by atoms with Crippen molar-refractivity contribution in [3.05, 3.63) is 52.0 Å². The summed E-state index contributed by atoms with van der Waals surface area (Å²) >= 11 is 1.56. The smallest absolute Gasteiger partial charge is 0.237 e. The Bertz CT molecular complexity index is 663. The molecule has 0 N–H and O–H groups in total. The Morgan fingerprint density at radius 3 is 2.82 bits per heavy atom. The molecule has 0 bridgehead atoms. The highest BCUT2D eigenvalue weighted by Crippen LogP contribution is 2.16. The maximum absolute atomic E-state index is 13.7. The van der Waals surface area contributed by atoms with Gasteiger partial charge in [-0.1, -0.05) is 0 Å². The van der Waals surface area contributed by atoms with Crippen LogP contribution in [0.1, 0.15) is 10.4 Å². The Morgan fingerprint density at radius 1 is 1.23 bits per heavy atom. The van der Waals surface area contributed by atoms with Gasteiger partial charge in [-0.15, -0.1) is 11.3 Å². The van der Waals surface area contributed by atoms with Crippen LogP contribution in [0.4, 0.5) is 8.78 Å². The van der Waals surface area contributed by atoms with E-state index >= 15 is 0 Å². The second-order valence-corrected chi connectivity index (χ2v) is 6.20. The monoisotopic (exact) mass is 323 g/mol. The highest BCUT2D eigenvalue weighted by Gasteiger charge is 2.25. The second kappa shape index (κ2) is 6.50. The number of rotatable bonds is 4. The van der Waals surface area contributed by atoms with Gasteiger partial charge in [0.15, 0.2) is 0 Å². The van der Waals surface area contributed by atoms with Crippen molar-refractivity contribution in [1.29, 1.82) is 0 Å². The van der Waals surface area contributed by atoms with Gasteiger partial charge in [-0.25, -0.2) is 8.78 Å². The van der Waals surface area contributed by atoms with Crippen LogP contribution < -0.4 is 0 Å². The van der Waals surface area contributed by atoms with Gasteiger partial charge < -0.3 is 4.90 Å². The molecule has 1 aromatic heterocycles. The van der Waals surface area contributed by atoms with E-state index in [1.54, 1.807) is 27.9 Å². The number of hydrogen-bond donors (Lipinski definition) is 0. The number of halogens is 2. The molecule has 1 aliphatic rings. The Hall–Kier alpha value is -1.86. The van der Waals surface area contributed by atoms with Crippen molar-refractivity contribution in [2.75, 3.05) is 19.6 Å². The van der Waals surface area contributed by atoms with Crippen molar-refractivity contribution >= 4 is 17.2 Å². The topological polar surface area (TPSA) is 36.4 Å². The Labute approximate surface area is 131 Å². The zero-order valence-corrected chi connectivity index (χ0v) is 12.7. The fourth-order valence-electron chi connectivity index (χ4n) is 2.47. The van der Waals surface area contributed by atoms with Crippen LogP contribution in [0.25, 0.3) is 0 Å². The van der Waals surface area contributed by atoms with Crippen molar-refractivity contribution in [3.8, 4) is 0 Å². The van der Waals surface area contributed by atoms with Crippen molar-refractivity contribution in [2.45, 2.75) is 13.1 Å². The summed E-state index contributed by atoms with van der Waals surface area (Å²) in [5.74, 6) is -1.05. The molecule has 0 radical (unpaired) electrons. The zero-order chi connectivity index (χ0) is 15.5. The number of piperazine rings is 1. The quantitative estimate of drug-likeness (QED) is 0.866. The summed E-state index contributed by atoms with van der Waals surface area (Å²) in [6.45, 7) is 2.30. The molecule has 2 heterocycles. The predicted molar refractivity (Wildman–Crippen MR) is 79.2 cm³/mol. The molecule has 7 heteroatoms. The molecular weight excluding hydrogens is 308 g/mol. The van der Waals surface area contributed by atoms with Gasteiger partial charge in [0.1, 0.15) is 11.6 Å². The minimum Gasteiger partial charge on any atom is -0.336 e. The summed E-state index contributed by atoms with van der Waals surface area (Å²) in [6.07, 6.45) is 1.80. The van der Waals surface area contributed by atoms with Gasteiger partial charge in [-0.3, -0.25) is 14.7 Å². The molecule has 0 saturated carbocycles. The third-order valence-corrected chi connectivity index (χ3v) is 4.39. The average Bonchev–Trinajstić information content (AvgIpc) is 2.98. The van der Waals surface area contributed by atoms with Crippen LogP contribution in [-0.4, -0.2) is 40.3 Å². The molecule has 2 aromatic rings. The molecular formula is C15H15F2N3OS. The summed E-state index contributed by atoms with van der Waals surface area (Å²) in [5, 5.41) is 0. The molecule has 1 aromatic carbocycles. The van der Waals surface area contributed by atoms with E-state index in [1.165, 1.54) is 0 Å². The van der Waals surface area contributed by atoms with Gasteiger partial charge in [-0.05, 0) is 18.2 Å². The Morgan fingerprint density at radius 2 is 2.09 bits per heavy atom. The molecule has 4 nitrogen and oxygen atoms in total. The molecule has 0 unspecified atom stereocenters. The largest absolute Gasteiger partial charge is 0.336 e. The van der Waals surface area contributed by atoms with Crippen LogP contribution in [0.5, 0.6) is 0 Å². The van der Waals surface area contributed by atoms with Crippen LogP contribution in [0.15, 0.2) is 29.9 Å². The second-order valence-electron chi connectivity index (χ2n) is 5.23. The number of nitrogens with zero attached hydrogens (tertiary/aromatic N) is 3. The molecule has 1 aliphatic heterocycles. The summed E-state index contributed by atoms with van der Waals surface area (Å²) in [5.41, 5.74) is 1.98. The molecule has 116 valence electrons. The van der Waals surface area contributed by atoms with E-state index in [4.69, 9.17) is 0 Å².